The zero-order chi connectivity index (χ0) is 20.2. The van der Waals surface area contributed by atoms with Crippen LogP contribution in [0.15, 0.2) is 23.4 Å². The van der Waals surface area contributed by atoms with E-state index in [1.54, 1.807) is 11.8 Å². The fourth-order valence-corrected chi connectivity index (χ4v) is 6.99. The van der Waals surface area contributed by atoms with Crippen molar-refractivity contribution in [3.05, 3.63) is 35.2 Å². The van der Waals surface area contributed by atoms with E-state index in [1.165, 1.54) is 30.4 Å². The molecule has 0 atom stereocenters. The van der Waals surface area contributed by atoms with Crippen molar-refractivity contribution in [3.63, 3.8) is 0 Å². The van der Waals surface area contributed by atoms with Crippen molar-refractivity contribution in [2.75, 3.05) is 6.26 Å². The van der Waals surface area contributed by atoms with E-state index >= 15 is 0 Å². The van der Waals surface area contributed by atoms with Crippen molar-refractivity contribution < 1.29 is 4.79 Å². The van der Waals surface area contributed by atoms with Crippen molar-refractivity contribution >= 4 is 17.7 Å². The van der Waals surface area contributed by atoms with Crippen LogP contribution in [0, 0.1) is 37.0 Å². The summed E-state index contributed by atoms with van der Waals surface area (Å²) < 4.78 is 2.10. The maximum absolute atomic E-state index is 13.3. The van der Waals surface area contributed by atoms with Gasteiger partial charge in [-0.2, -0.15) is 0 Å². The van der Waals surface area contributed by atoms with Crippen molar-refractivity contribution in [1.29, 1.82) is 0 Å². The normalized spacial score (nSPS) is 30.0. The summed E-state index contributed by atoms with van der Waals surface area (Å²) in [5.41, 5.74) is 3.36. The van der Waals surface area contributed by atoms with Gasteiger partial charge in [0.05, 0.1) is 12.2 Å². The molecule has 1 N–H and O–H groups in total. The van der Waals surface area contributed by atoms with Crippen molar-refractivity contribution in [3.8, 4) is 5.69 Å². The predicted octanol–water partition coefficient (Wildman–Crippen LogP) is 4.44. The summed E-state index contributed by atoms with van der Waals surface area (Å²) >= 11 is 1.58. The lowest BCUT2D eigenvalue weighted by Crippen LogP contribution is -2.53. The van der Waals surface area contributed by atoms with Gasteiger partial charge in [-0.05, 0) is 93.6 Å². The van der Waals surface area contributed by atoms with E-state index in [0.29, 0.717) is 6.54 Å². The van der Waals surface area contributed by atoms with Gasteiger partial charge in [-0.1, -0.05) is 23.9 Å². The first-order chi connectivity index (χ1) is 14.0. The van der Waals surface area contributed by atoms with E-state index in [4.69, 9.17) is 0 Å². The van der Waals surface area contributed by atoms with Gasteiger partial charge in [0.1, 0.15) is 0 Å². The first kappa shape index (κ1) is 19.2. The van der Waals surface area contributed by atoms with Crippen LogP contribution in [0.3, 0.4) is 0 Å². The van der Waals surface area contributed by atoms with Crippen LogP contribution >= 0.6 is 11.8 Å². The number of aromatic nitrogens is 3. The van der Waals surface area contributed by atoms with Crippen LogP contribution in [0.1, 0.15) is 55.5 Å². The van der Waals surface area contributed by atoms with Crippen LogP contribution in [-0.2, 0) is 11.3 Å². The van der Waals surface area contributed by atoms with Gasteiger partial charge >= 0.3 is 0 Å². The maximum Gasteiger partial charge on any atom is 0.226 e. The average molecular weight is 411 g/mol. The number of benzene rings is 1. The molecule has 0 aliphatic heterocycles. The molecule has 0 spiro atoms. The molecule has 4 aliphatic rings. The molecular weight excluding hydrogens is 380 g/mol. The van der Waals surface area contributed by atoms with E-state index in [2.05, 4.69) is 52.1 Å². The highest BCUT2D eigenvalue weighted by Crippen LogP contribution is 2.60. The smallest absolute Gasteiger partial charge is 0.226 e. The maximum atomic E-state index is 13.3. The lowest BCUT2D eigenvalue weighted by atomic mass is 9.49. The average Bonchev–Trinajstić information content (AvgIpc) is 3.09. The Kier molecular flexibility index (Phi) is 4.72. The second-order valence-electron chi connectivity index (χ2n) is 9.61. The Morgan fingerprint density at radius 1 is 1.14 bits per heavy atom. The Bertz CT molecular complexity index is 915. The largest absolute Gasteiger partial charge is 0.348 e. The number of carbonyl (C=O) groups is 1. The zero-order valence-corrected chi connectivity index (χ0v) is 18.4. The summed E-state index contributed by atoms with van der Waals surface area (Å²) in [7, 11) is 0. The van der Waals surface area contributed by atoms with Gasteiger partial charge in [0.2, 0.25) is 5.91 Å². The first-order valence-corrected chi connectivity index (χ1v) is 12.0. The highest BCUT2D eigenvalue weighted by molar-refractivity contribution is 7.98. The second-order valence-corrected chi connectivity index (χ2v) is 10.4. The molecule has 29 heavy (non-hydrogen) atoms. The summed E-state index contributed by atoms with van der Waals surface area (Å²) in [6.07, 6.45) is 9.34. The first-order valence-electron chi connectivity index (χ1n) is 10.8. The molecule has 6 heteroatoms. The van der Waals surface area contributed by atoms with Gasteiger partial charge in [0.15, 0.2) is 11.0 Å². The molecule has 4 bridgehead atoms. The van der Waals surface area contributed by atoms with Crippen molar-refractivity contribution in [1.82, 2.24) is 20.1 Å². The Morgan fingerprint density at radius 3 is 2.41 bits per heavy atom. The minimum absolute atomic E-state index is 0.124. The molecule has 4 aliphatic carbocycles. The number of hydrogen-bond acceptors (Lipinski definition) is 4. The number of nitrogens with zero attached hydrogens (tertiary/aromatic N) is 3. The van der Waals surface area contributed by atoms with Crippen LogP contribution in [0.2, 0.25) is 0 Å². The third-order valence-corrected chi connectivity index (χ3v) is 8.04. The Labute approximate surface area is 177 Å². The highest BCUT2D eigenvalue weighted by atomic mass is 32.2. The van der Waals surface area contributed by atoms with Gasteiger partial charge in [0, 0.05) is 5.41 Å². The minimum Gasteiger partial charge on any atom is -0.348 e. The summed E-state index contributed by atoms with van der Waals surface area (Å²) in [6, 6.07) is 6.42. The molecular formula is C23H30N4OS. The second kappa shape index (κ2) is 7.15. The number of rotatable bonds is 5. The fourth-order valence-electron chi connectivity index (χ4n) is 6.48. The predicted molar refractivity (Wildman–Crippen MR) is 115 cm³/mol. The molecule has 0 saturated heterocycles. The Balaban J connectivity index is 1.39. The number of aryl methyl sites for hydroxylation is 2. The zero-order valence-electron chi connectivity index (χ0n) is 17.6. The van der Waals surface area contributed by atoms with Gasteiger partial charge < -0.3 is 5.32 Å². The Morgan fingerprint density at radius 2 is 1.79 bits per heavy atom. The molecule has 6 rings (SSSR count). The molecule has 2 aromatic rings. The van der Waals surface area contributed by atoms with Crippen molar-refractivity contribution in [2.45, 2.75) is 64.1 Å². The van der Waals surface area contributed by atoms with Crippen LogP contribution in [0.4, 0.5) is 0 Å². The third-order valence-electron chi connectivity index (χ3n) is 7.42. The van der Waals surface area contributed by atoms with Crippen LogP contribution in [-0.4, -0.2) is 26.9 Å². The quantitative estimate of drug-likeness (QED) is 0.741. The number of nitrogens with one attached hydrogen (secondary N) is 1. The summed E-state index contributed by atoms with van der Waals surface area (Å²) in [4.78, 5) is 13.3. The molecule has 1 amide bonds. The van der Waals surface area contributed by atoms with Crippen molar-refractivity contribution in [2.24, 2.45) is 23.2 Å². The van der Waals surface area contributed by atoms with Gasteiger partial charge in [-0.3, -0.25) is 9.36 Å². The summed E-state index contributed by atoms with van der Waals surface area (Å²) in [6.45, 7) is 4.64. The standard InChI is InChI=1S/C23H30N4OS/c1-14-4-5-15(2)19(6-14)27-20(25-26-22(27)29-3)13-24-21(28)23-10-16-7-17(11-23)9-18(8-16)12-23/h4-6,16-18H,7-13H2,1-3H3,(H,24,28). The molecule has 1 aromatic heterocycles. The lowest BCUT2D eigenvalue weighted by molar-refractivity contribution is -0.146. The molecule has 1 aromatic carbocycles. The van der Waals surface area contributed by atoms with Gasteiger partial charge in [-0.25, -0.2) is 0 Å². The van der Waals surface area contributed by atoms with E-state index < -0.39 is 0 Å². The molecule has 0 unspecified atom stereocenters. The van der Waals surface area contributed by atoms with Gasteiger partial charge in [0.25, 0.3) is 0 Å². The fraction of sp³-hybridized carbons (Fsp3) is 0.609. The molecule has 4 saturated carbocycles. The van der Waals surface area contributed by atoms with E-state index in [1.807, 2.05) is 6.26 Å². The lowest BCUT2D eigenvalue weighted by Gasteiger charge is -2.55. The number of hydrogen-bond donors (Lipinski definition) is 1. The molecule has 5 nitrogen and oxygen atoms in total. The Hall–Kier alpha value is -1.82. The van der Waals surface area contributed by atoms with E-state index in [-0.39, 0.29) is 11.3 Å². The van der Waals surface area contributed by atoms with Crippen LogP contribution < -0.4 is 5.32 Å². The molecule has 0 radical (unpaired) electrons. The molecule has 4 fully saturated rings. The minimum atomic E-state index is -0.124. The van der Waals surface area contributed by atoms with Crippen LogP contribution in [0.5, 0.6) is 0 Å². The molecule has 154 valence electrons. The van der Waals surface area contributed by atoms with E-state index in [9.17, 15) is 4.79 Å². The number of thioether (sulfide) groups is 1. The monoisotopic (exact) mass is 410 g/mol. The number of carbonyl (C=O) groups excluding carboxylic acids is 1. The topological polar surface area (TPSA) is 59.8 Å². The summed E-state index contributed by atoms with van der Waals surface area (Å²) in [5.74, 6) is 3.37. The molecule has 1 heterocycles. The SMILES string of the molecule is CSc1nnc(CNC(=O)C23CC4CC(CC(C4)C2)C3)n1-c1cc(C)ccc1C. The van der Waals surface area contributed by atoms with Gasteiger partial charge in [-0.15, -0.1) is 10.2 Å². The third kappa shape index (κ3) is 3.29. The summed E-state index contributed by atoms with van der Waals surface area (Å²) in [5, 5.41) is 12.9. The number of amides is 1. The van der Waals surface area contributed by atoms with E-state index in [0.717, 1.165) is 53.7 Å². The highest BCUT2D eigenvalue weighted by Gasteiger charge is 2.54. The van der Waals surface area contributed by atoms with Crippen LogP contribution in [0.25, 0.3) is 5.69 Å².